The first-order valence-electron chi connectivity index (χ1n) is 4.49. The van der Waals surface area contributed by atoms with Gasteiger partial charge >= 0.3 is 0 Å². The first-order valence-corrected chi connectivity index (χ1v) is 6.04. The summed E-state index contributed by atoms with van der Waals surface area (Å²) in [5.74, 6) is 0.416. The third-order valence-electron chi connectivity index (χ3n) is 1.96. The molecule has 16 heavy (non-hydrogen) atoms. The number of sulfonamides is 1. The summed E-state index contributed by atoms with van der Waals surface area (Å²) in [6.07, 6.45) is 1.55. The highest BCUT2D eigenvalue weighted by Gasteiger charge is 2.17. The highest BCUT2D eigenvalue weighted by atomic mass is 32.2. The minimum Gasteiger partial charge on any atom is -0.237 e. The second-order valence-corrected chi connectivity index (χ2v) is 4.78. The minimum atomic E-state index is -3.80. The number of nitrogens with zero attached hydrogens (tertiary/aromatic N) is 3. The number of rotatable bonds is 2. The SMILES string of the molecule is Cc1cc(S(N)(=O)=O)n(-c2ccccn2)n1. The number of nitrogens with two attached hydrogens (primary N) is 1. The molecule has 0 aliphatic heterocycles. The minimum absolute atomic E-state index is 0.0660. The summed E-state index contributed by atoms with van der Waals surface area (Å²) >= 11 is 0. The molecule has 0 bridgehead atoms. The van der Waals surface area contributed by atoms with Gasteiger partial charge in [0.2, 0.25) is 0 Å². The van der Waals surface area contributed by atoms with Crippen LogP contribution in [0.5, 0.6) is 0 Å². The van der Waals surface area contributed by atoms with Crippen molar-refractivity contribution in [3.63, 3.8) is 0 Å². The Bertz CT molecular complexity index is 604. The fraction of sp³-hybridized carbons (Fsp3) is 0.111. The number of hydrogen-bond acceptors (Lipinski definition) is 4. The van der Waals surface area contributed by atoms with Crippen LogP contribution in [0.25, 0.3) is 5.82 Å². The van der Waals surface area contributed by atoms with Crippen molar-refractivity contribution in [3.05, 3.63) is 36.2 Å². The lowest BCUT2D eigenvalue weighted by atomic mass is 10.5. The Morgan fingerprint density at radius 1 is 1.38 bits per heavy atom. The van der Waals surface area contributed by atoms with Crippen LogP contribution in [-0.2, 0) is 10.0 Å². The van der Waals surface area contributed by atoms with E-state index >= 15 is 0 Å². The summed E-state index contributed by atoms with van der Waals surface area (Å²) in [4.78, 5) is 4.02. The van der Waals surface area contributed by atoms with E-state index in [1.54, 1.807) is 31.3 Å². The van der Waals surface area contributed by atoms with Crippen LogP contribution in [0.2, 0.25) is 0 Å². The van der Waals surface area contributed by atoms with Gasteiger partial charge < -0.3 is 0 Å². The molecule has 0 unspecified atom stereocenters. The van der Waals surface area contributed by atoms with Crippen LogP contribution in [0.15, 0.2) is 35.5 Å². The van der Waals surface area contributed by atoms with Crippen LogP contribution in [-0.4, -0.2) is 23.2 Å². The average Bonchev–Trinajstić information content (AvgIpc) is 2.61. The zero-order chi connectivity index (χ0) is 11.8. The van der Waals surface area contributed by atoms with Crippen LogP contribution in [0, 0.1) is 6.92 Å². The van der Waals surface area contributed by atoms with Gasteiger partial charge in [-0.1, -0.05) is 6.07 Å². The lowest BCUT2D eigenvalue weighted by molar-refractivity contribution is 0.586. The van der Waals surface area contributed by atoms with Gasteiger partial charge in [0.25, 0.3) is 10.0 Å². The van der Waals surface area contributed by atoms with Crippen molar-refractivity contribution in [2.45, 2.75) is 11.9 Å². The highest BCUT2D eigenvalue weighted by Crippen LogP contribution is 2.13. The Kier molecular flexibility index (Phi) is 2.49. The van der Waals surface area contributed by atoms with Gasteiger partial charge in [0.1, 0.15) is 0 Å². The highest BCUT2D eigenvalue weighted by molar-refractivity contribution is 7.89. The van der Waals surface area contributed by atoms with Crippen LogP contribution >= 0.6 is 0 Å². The molecule has 0 fully saturated rings. The summed E-state index contributed by atoms with van der Waals surface area (Å²) < 4.78 is 23.9. The molecular formula is C9H10N4O2S. The molecule has 0 atom stereocenters. The normalized spacial score (nSPS) is 11.6. The van der Waals surface area contributed by atoms with E-state index < -0.39 is 10.0 Å². The predicted molar refractivity (Wildman–Crippen MR) is 57.5 cm³/mol. The van der Waals surface area contributed by atoms with Gasteiger partial charge in [-0.05, 0) is 19.1 Å². The Hall–Kier alpha value is -1.73. The number of aromatic nitrogens is 3. The molecule has 0 saturated carbocycles. The van der Waals surface area contributed by atoms with Gasteiger partial charge in [0.05, 0.1) is 5.69 Å². The maximum atomic E-state index is 11.3. The average molecular weight is 238 g/mol. The number of primary sulfonamides is 1. The maximum absolute atomic E-state index is 11.3. The standard InChI is InChI=1S/C9H10N4O2S/c1-7-6-9(16(10,14)15)13(12-7)8-4-2-3-5-11-8/h2-6H,1H3,(H2,10,14,15). The topological polar surface area (TPSA) is 90.9 Å². The molecule has 2 aromatic heterocycles. The fourth-order valence-electron chi connectivity index (χ4n) is 1.32. The molecule has 0 aromatic carbocycles. The Morgan fingerprint density at radius 3 is 2.69 bits per heavy atom. The Balaban J connectivity index is 2.67. The van der Waals surface area contributed by atoms with Gasteiger partial charge in [-0.15, -0.1) is 0 Å². The monoisotopic (exact) mass is 238 g/mol. The van der Waals surface area contributed by atoms with E-state index in [2.05, 4.69) is 10.1 Å². The summed E-state index contributed by atoms with van der Waals surface area (Å²) in [5, 5.41) is 9.07. The van der Waals surface area contributed by atoms with Gasteiger partial charge in [-0.25, -0.2) is 23.2 Å². The van der Waals surface area contributed by atoms with Crippen molar-refractivity contribution < 1.29 is 8.42 Å². The zero-order valence-electron chi connectivity index (χ0n) is 8.53. The van der Waals surface area contributed by atoms with Crippen molar-refractivity contribution in [2.75, 3.05) is 0 Å². The lowest BCUT2D eigenvalue weighted by Gasteiger charge is -2.03. The molecule has 2 heterocycles. The van der Waals surface area contributed by atoms with E-state index in [1.807, 2.05) is 0 Å². The fourth-order valence-corrected chi connectivity index (χ4v) is 2.03. The van der Waals surface area contributed by atoms with Gasteiger partial charge in [-0.3, -0.25) is 0 Å². The molecule has 0 amide bonds. The van der Waals surface area contributed by atoms with Gasteiger partial charge in [0, 0.05) is 12.3 Å². The van der Waals surface area contributed by atoms with Crippen molar-refractivity contribution in [1.29, 1.82) is 0 Å². The van der Waals surface area contributed by atoms with Crippen LogP contribution in [0.3, 0.4) is 0 Å². The molecule has 7 heteroatoms. The second-order valence-electron chi connectivity index (χ2n) is 3.27. The molecular weight excluding hydrogens is 228 g/mol. The molecule has 0 spiro atoms. The van der Waals surface area contributed by atoms with E-state index in [1.165, 1.54) is 10.7 Å². The van der Waals surface area contributed by atoms with Gasteiger partial charge in [0.15, 0.2) is 10.8 Å². The quantitative estimate of drug-likeness (QED) is 0.810. The van der Waals surface area contributed by atoms with Crippen LogP contribution in [0.4, 0.5) is 0 Å². The first-order chi connectivity index (χ1) is 7.48. The molecule has 0 aliphatic carbocycles. The molecule has 0 radical (unpaired) electrons. The Morgan fingerprint density at radius 2 is 2.12 bits per heavy atom. The number of pyridine rings is 1. The molecule has 2 aromatic rings. The molecule has 2 rings (SSSR count). The summed E-state index contributed by atoms with van der Waals surface area (Å²) in [7, 11) is -3.80. The third kappa shape index (κ3) is 1.95. The second kappa shape index (κ2) is 3.69. The van der Waals surface area contributed by atoms with Crippen LogP contribution < -0.4 is 5.14 Å². The summed E-state index contributed by atoms with van der Waals surface area (Å²) in [6, 6.07) is 6.54. The van der Waals surface area contributed by atoms with E-state index in [-0.39, 0.29) is 5.03 Å². The number of hydrogen-bond donors (Lipinski definition) is 1. The smallest absolute Gasteiger partial charge is 0.237 e. The van der Waals surface area contributed by atoms with Crippen molar-refractivity contribution >= 4 is 10.0 Å². The van der Waals surface area contributed by atoms with E-state index in [0.717, 1.165) is 0 Å². The number of aryl methyl sites for hydroxylation is 1. The third-order valence-corrected chi connectivity index (χ3v) is 2.83. The van der Waals surface area contributed by atoms with Crippen molar-refractivity contribution in [1.82, 2.24) is 14.8 Å². The van der Waals surface area contributed by atoms with E-state index in [9.17, 15) is 8.42 Å². The first kappa shape index (κ1) is 10.8. The van der Waals surface area contributed by atoms with Crippen molar-refractivity contribution in [2.24, 2.45) is 5.14 Å². The predicted octanol–water partition coefficient (Wildman–Crippen LogP) is 0.223. The van der Waals surface area contributed by atoms with Crippen LogP contribution in [0.1, 0.15) is 5.69 Å². The molecule has 84 valence electrons. The lowest BCUT2D eigenvalue weighted by Crippen LogP contribution is -2.17. The van der Waals surface area contributed by atoms with E-state index in [0.29, 0.717) is 11.5 Å². The largest absolute Gasteiger partial charge is 0.255 e. The molecule has 2 N–H and O–H groups in total. The molecule has 0 saturated heterocycles. The molecule has 0 aliphatic rings. The van der Waals surface area contributed by atoms with Gasteiger partial charge in [-0.2, -0.15) is 5.10 Å². The zero-order valence-corrected chi connectivity index (χ0v) is 9.35. The summed E-state index contributed by atoms with van der Waals surface area (Å²) in [6.45, 7) is 1.69. The maximum Gasteiger partial charge on any atom is 0.255 e. The summed E-state index contributed by atoms with van der Waals surface area (Å²) in [5.41, 5.74) is 0.565. The molecule has 6 nitrogen and oxygen atoms in total. The Labute approximate surface area is 92.8 Å². The van der Waals surface area contributed by atoms with Crippen molar-refractivity contribution in [3.8, 4) is 5.82 Å². The van der Waals surface area contributed by atoms with E-state index in [4.69, 9.17) is 5.14 Å².